The highest BCUT2D eigenvalue weighted by Crippen LogP contribution is 2.34. The zero-order chi connectivity index (χ0) is 15.6. The van der Waals surface area contributed by atoms with Crippen LogP contribution in [0.5, 0.6) is 0 Å². The number of anilines is 1. The van der Waals surface area contributed by atoms with Gasteiger partial charge in [0.05, 0.1) is 0 Å². The van der Waals surface area contributed by atoms with Crippen LogP contribution in [0.4, 0.5) is 5.69 Å². The molecule has 2 aliphatic carbocycles. The number of hydrogen-bond acceptors (Lipinski definition) is 2. The monoisotopic (exact) mass is 308 g/mol. The van der Waals surface area contributed by atoms with Crippen molar-refractivity contribution in [1.29, 1.82) is 0 Å². The molecule has 0 heterocycles. The maximum atomic E-state index is 12.4. The Kier molecular flexibility index (Phi) is 4.04. The van der Waals surface area contributed by atoms with Crippen LogP contribution in [0.3, 0.4) is 0 Å². The van der Waals surface area contributed by atoms with Gasteiger partial charge in [-0.1, -0.05) is 36.4 Å². The van der Waals surface area contributed by atoms with E-state index in [2.05, 4.69) is 28.4 Å². The summed E-state index contributed by atoms with van der Waals surface area (Å²) in [6, 6.07) is 15.0. The molecule has 0 radical (unpaired) electrons. The van der Waals surface area contributed by atoms with E-state index in [1.54, 1.807) is 0 Å². The van der Waals surface area contributed by atoms with Gasteiger partial charge in [-0.15, -0.1) is 0 Å². The van der Waals surface area contributed by atoms with E-state index in [1.807, 2.05) is 24.3 Å². The van der Waals surface area contributed by atoms with Gasteiger partial charge in [-0.25, -0.2) is 0 Å². The lowest BCUT2D eigenvalue weighted by atomic mass is 10.1. The molecule has 2 saturated carbocycles. The van der Waals surface area contributed by atoms with Crippen molar-refractivity contribution >= 4 is 22.4 Å². The van der Waals surface area contributed by atoms with Crippen molar-refractivity contribution in [1.82, 2.24) is 4.90 Å². The largest absolute Gasteiger partial charge is 0.325 e. The molecular formula is C20H24N2O. The number of carbonyl (C=O) groups is 1. The molecule has 23 heavy (non-hydrogen) atoms. The third kappa shape index (κ3) is 3.73. The molecule has 1 N–H and O–H groups in total. The molecule has 0 aromatic heterocycles. The van der Waals surface area contributed by atoms with Crippen LogP contribution in [-0.4, -0.2) is 29.9 Å². The molecule has 3 nitrogen and oxygen atoms in total. The first-order valence-electron chi connectivity index (χ1n) is 8.81. The molecule has 2 aromatic carbocycles. The minimum Gasteiger partial charge on any atom is -0.325 e. The van der Waals surface area contributed by atoms with Crippen LogP contribution in [0, 0.1) is 5.92 Å². The van der Waals surface area contributed by atoms with Crippen molar-refractivity contribution < 1.29 is 4.79 Å². The fraction of sp³-hybridized carbons (Fsp3) is 0.450. The molecule has 0 atom stereocenters. The third-order valence-electron chi connectivity index (χ3n) is 4.94. The zero-order valence-corrected chi connectivity index (χ0v) is 13.5. The van der Waals surface area contributed by atoms with E-state index in [0.717, 1.165) is 29.6 Å². The van der Waals surface area contributed by atoms with Crippen LogP contribution in [0.2, 0.25) is 0 Å². The van der Waals surface area contributed by atoms with Gasteiger partial charge in [-0.3, -0.25) is 9.69 Å². The predicted octanol–water partition coefficient (Wildman–Crippen LogP) is 4.04. The molecule has 2 fully saturated rings. The average Bonchev–Trinajstić information content (AvgIpc) is 3.45. The van der Waals surface area contributed by atoms with Crippen molar-refractivity contribution in [2.75, 3.05) is 18.4 Å². The van der Waals surface area contributed by atoms with Crippen LogP contribution in [0.25, 0.3) is 10.8 Å². The maximum absolute atomic E-state index is 12.4. The Morgan fingerprint density at radius 3 is 2.61 bits per heavy atom. The predicted molar refractivity (Wildman–Crippen MR) is 94.5 cm³/mol. The SMILES string of the molecule is O=C(CCN(CC1CC1)C1CC1)Nc1cccc2ccccc12. The highest BCUT2D eigenvalue weighted by atomic mass is 16.1. The highest BCUT2D eigenvalue weighted by molar-refractivity contribution is 6.02. The van der Waals surface area contributed by atoms with Gasteiger partial charge in [0.25, 0.3) is 0 Å². The van der Waals surface area contributed by atoms with E-state index in [-0.39, 0.29) is 5.91 Å². The number of carbonyl (C=O) groups excluding carboxylic acids is 1. The van der Waals surface area contributed by atoms with Gasteiger partial charge in [0.1, 0.15) is 0 Å². The Morgan fingerprint density at radius 2 is 1.83 bits per heavy atom. The summed E-state index contributed by atoms with van der Waals surface area (Å²) in [6.07, 6.45) is 5.98. The van der Waals surface area contributed by atoms with Crippen molar-refractivity contribution in [2.24, 2.45) is 5.92 Å². The zero-order valence-electron chi connectivity index (χ0n) is 13.5. The number of rotatable bonds is 7. The molecule has 4 rings (SSSR count). The third-order valence-corrected chi connectivity index (χ3v) is 4.94. The minimum absolute atomic E-state index is 0.128. The summed E-state index contributed by atoms with van der Waals surface area (Å²) in [6.45, 7) is 2.10. The molecule has 1 amide bonds. The number of nitrogens with one attached hydrogen (secondary N) is 1. The van der Waals surface area contributed by atoms with Gasteiger partial charge >= 0.3 is 0 Å². The van der Waals surface area contributed by atoms with E-state index in [9.17, 15) is 4.79 Å². The molecular weight excluding hydrogens is 284 g/mol. The van der Waals surface area contributed by atoms with Crippen molar-refractivity contribution in [3.05, 3.63) is 42.5 Å². The van der Waals surface area contributed by atoms with Gasteiger partial charge in [-0.2, -0.15) is 0 Å². The summed E-state index contributed by atoms with van der Waals surface area (Å²) in [7, 11) is 0. The van der Waals surface area contributed by atoms with Crippen LogP contribution in [-0.2, 0) is 4.79 Å². The molecule has 3 heteroatoms. The second kappa shape index (κ2) is 6.32. The lowest BCUT2D eigenvalue weighted by molar-refractivity contribution is -0.116. The van der Waals surface area contributed by atoms with Crippen LogP contribution >= 0.6 is 0 Å². The molecule has 2 aliphatic rings. The van der Waals surface area contributed by atoms with Gasteiger partial charge in [0, 0.05) is 36.6 Å². The summed E-state index contributed by atoms with van der Waals surface area (Å²) in [4.78, 5) is 14.9. The number of benzene rings is 2. The Balaban J connectivity index is 1.37. The Labute approximate surface area is 137 Å². The Bertz CT molecular complexity index is 698. The molecule has 0 aliphatic heterocycles. The number of amides is 1. The van der Waals surface area contributed by atoms with E-state index in [0.29, 0.717) is 6.42 Å². The summed E-state index contributed by atoms with van der Waals surface area (Å²) >= 11 is 0. The maximum Gasteiger partial charge on any atom is 0.225 e. The van der Waals surface area contributed by atoms with Gasteiger partial charge in [0.15, 0.2) is 0 Å². The van der Waals surface area contributed by atoms with E-state index < -0.39 is 0 Å². The summed E-state index contributed by atoms with van der Waals surface area (Å²) in [5.74, 6) is 1.03. The van der Waals surface area contributed by atoms with Crippen LogP contribution < -0.4 is 5.32 Å². The van der Waals surface area contributed by atoms with Crippen molar-refractivity contribution in [3.8, 4) is 0 Å². The molecule has 120 valence electrons. The second-order valence-corrected chi connectivity index (χ2v) is 6.99. The number of fused-ring (bicyclic) bond motifs is 1. The van der Waals surface area contributed by atoms with E-state index in [1.165, 1.54) is 37.6 Å². The molecule has 0 bridgehead atoms. The standard InChI is InChI=1S/C20H24N2O/c23-20(12-13-22(17-10-11-17)14-15-8-9-15)21-19-7-3-5-16-4-1-2-6-18(16)19/h1-7,15,17H,8-14H2,(H,21,23). The summed E-state index contributed by atoms with van der Waals surface area (Å²) in [5, 5.41) is 5.38. The van der Waals surface area contributed by atoms with E-state index in [4.69, 9.17) is 0 Å². The topological polar surface area (TPSA) is 32.3 Å². The van der Waals surface area contributed by atoms with Gasteiger partial charge < -0.3 is 5.32 Å². The molecule has 0 saturated heterocycles. The number of hydrogen-bond donors (Lipinski definition) is 1. The molecule has 2 aromatic rings. The lowest BCUT2D eigenvalue weighted by Gasteiger charge is -2.21. The van der Waals surface area contributed by atoms with Crippen molar-refractivity contribution in [3.63, 3.8) is 0 Å². The van der Waals surface area contributed by atoms with Gasteiger partial charge in [-0.05, 0) is 43.1 Å². The first-order chi connectivity index (χ1) is 11.3. The summed E-state index contributed by atoms with van der Waals surface area (Å²) in [5.41, 5.74) is 0.924. The summed E-state index contributed by atoms with van der Waals surface area (Å²) < 4.78 is 0. The first-order valence-corrected chi connectivity index (χ1v) is 8.81. The normalized spacial score (nSPS) is 17.6. The van der Waals surface area contributed by atoms with Crippen LogP contribution in [0.15, 0.2) is 42.5 Å². The molecule has 0 unspecified atom stereocenters. The highest BCUT2D eigenvalue weighted by Gasteiger charge is 2.33. The van der Waals surface area contributed by atoms with Gasteiger partial charge in [0.2, 0.25) is 5.91 Å². The fourth-order valence-electron chi connectivity index (χ4n) is 3.29. The average molecular weight is 308 g/mol. The quantitative estimate of drug-likeness (QED) is 0.837. The molecule has 0 spiro atoms. The minimum atomic E-state index is 0.128. The Morgan fingerprint density at radius 1 is 1.04 bits per heavy atom. The van der Waals surface area contributed by atoms with Crippen LogP contribution in [0.1, 0.15) is 32.1 Å². The van der Waals surface area contributed by atoms with Crippen molar-refractivity contribution in [2.45, 2.75) is 38.1 Å². The first kappa shape index (κ1) is 14.7. The lowest BCUT2D eigenvalue weighted by Crippen LogP contribution is -2.31. The number of nitrogens with zero attached hydrogens (tertiary/aromatic N) is 1. The van der Waals surface area contributed by atoms with E-state index >= 15 is 0 Å². The second-order valence-electron chi connectivity index (χ2n) is 6.99. The fourth-order valence-corrected chi connectivity index (χ4v) is 3.29. The smallest absolute Gasteiger partial charge is 0.225 e. The Hall–Kier alpha value is -1.87.